The highest BCUT2D eigenvalue weighted by Gasteiger charge is 2.29. The Balaban J connectivity index is 1.94. The molecule has 5 nitrogen and oxygen atoms in total. The summed E-state index contributed by atoms with van der Waals surface area (Å²) < 4.78 is 0. The van der Waals surface area contributed by atoms with Crippen LogP contribution in [0.1, 0.15) is 46.5 Å². The van der Waals surface area contributed by atoms with E-state index in [1.165, 1.54) is 25.7 Å². The number of guanidine groups is 1. The molecule has 2 fully saturated rings. The second-order valence-corrected chi connectivity index (χ2v) is 6.68. The molecule has 1 saturated heterocycles. The molecule has 21 heavy (non-hydrogen) atoms. The van der Waals surface area contributed by atoms with Crippen molar-refractivity contribution in [3.05, 3.63) is 0 Å². The van der Waals surface area contributed by atoms with Crippen LogP contribution in [0.3, 0.4) is 0 Å². The molecular formula is C16H30N4O. The highest BCUT2D eigenvalue weighted by molar-refractivity contribution is 5.80. The maximum atomic E-state index is 11.4. The SMILES string of the molecule is CCNC(=NCC1(C)CCCC1)N1CCN(C(C)=O)CC1. The third-order valence-corrected chi connectivity index (χ3v) is 4.78. The van der Waals surface area contributed by atoms with Crippen LogP contribution in [-0.4, -0.2) is 60.9 Å². The number of nitrogens with one attached hydrogen (secondary N) is 1. The molecule has 1 N–H and O–H groups in total. The van der Waals surface area contributed by atoms with Crippen LogP contribution in [-0.2, 0) is 4.79 Å². The van der Waals surface area contributed by atoms with E-state index in [1.807, 2.05) is 4.90 Å². The molecule has 1 heterocycles. The number of rotatable bonds is 3. The monoisotopic (exact) mass is 294 g/mol. The summed E-state index contributed by atoms with van der Waals surface area (Å²) >= 11 is 0. The Labute approximate surface area is 128 Å². The highest BCUT2D eigenvalue weighted by atomic mass is 16.2. The lowest BCUT2D eigenvalue weighted by Crippen LogP contribution is -2.53. The summed E-state index contributed by atoms with van der Waals surface area (Å²) in [5, 5.41) is 3.41. The molecule has 0 aromatic rings. The van der Waals surface area contributed by atoms with Gasteiger partial charge in [0.1, 0.15) is 0 Å². The number of carbonyl (C=O) groups is 1. The fourth-order valence-corrected chi connectivity index (χ4v) is 3.31. The van der Waals surface area contributed by atoms with E-state index in [-0.39, 0.29) is 5.91 Å². The molecule has 2 rings (SSSR count). The van der Waals surface area contributed by atoms with E-state index < -0.39 is 0 Å². The predicted octanol–water partition coefficient (Wildman–Crippen LogP) is 1.70. The molecule has 1 aliphatic heterocycles. The van der Waals surface area contributed by atoms with Crippen LogP contribution < -0.4 is 5.32 Å². The van der Waals surface area contributed by atoms with Crippen molar-refractivity contribution in [1.29, 1.82) is 0 Å². The van der Waals surface area contributed by atoms with Gasteiger partial charge in [-0.3, -0.25) is 9.79 Å². The van der Waals surface area contributed by atoms with Gasteiger partial charge in [0.15, 0.2) is 5.96 Å². The van der Waals surface area contributed by atoms with Crippen molar-refractivity contribution in [3.63, 3.8) is 0 Å². The van der Waals surface area contributed by atoms with E-state index in [9.17, 15) is 4.79 Å². The minimum Gasteiger partial charge on any atom is -0.357 e. The van der Waals surface area contributed by atoms with Crippen LogP contribution in [0.15, 0.2) is 4.99 Å². The number of nitrogens with zero attached hydrogens (tertiary/aromatic N) is 3. The molecule has 0 spiro atoms. The summed E-state index contributed by atoms with van der Waals surface area (Å²) in [5.74, 6) is 1.20. The molecular weight excluding hydrogens is 264 g/mol. The van der Waals surface area contributed by atoms with Crippen molar-refractivity contribution >= 4 is 11.9 Å². The summed E-state index contributed by atoms with van der Waals surface area (Å²) in [5.41, 5.74) is 0.391. The van der Waals surface area contributed by atoms with Crippen LogP contribution in [0.2, 0.25) is 0 Å². The van der Waals surface area contributed by atoms with Crippen LogP contribution in [0.25, 0.3) is 0 Å². The Hall–Kier alpha value is -1.26. The lowest BCUT2D eigenvalue weighted by molar-refractivity contribution is -0.130. The van der Waals surface area contributed by atoms with Crippen LogP contribution in [0, 0.1) is 5.41 Å². The largest absolute Gasteiger partial charge is 0.357 e. The van der Waals surface area contributed by atoms with E-state index in [0.29, 0.717) is 5.41 Å². The first-order valence-electron chi connectivity index (χ1n) is 8.33. The number of aliphatic imine (C=N–C) groups is 1. The van der Waals surface area contributed by atoms with Crippen molar-refractivity contribution < 1.29 is 4.79 Å². The molecule has 0 aromatic heterocycles. The molecule has 0 radical (unpaired) electrons. The molecule has 1 amide bonds. The number of piperazine rings is 1. The molecule has 0 aromatic carbocycles. The minimum absolute atomic E-state index is 0.176. The van der Waals surface area contributed by atoms with E-state index in [1.54, 1.807) is 6.92 Å². The summed E-state index contributed by atoms with van der Waals surface area (Å²) in [6.07, 6.45) is 5.29. The van der Waals surface area contributed by atoms with E-state index in [4.69, 9.17) is 4.99 Å². The zero-order chi connectivity index (χ0) is 15.3. The number of hydrogen-bond acceptors (Lipinski definition) is 2. The average molecular weight is 294 g/mol. The Bertz CT molecular complexity index is 380. The Morgan fingerprint density at radius 2 is 1.71 bits per heavy atom. The molecule has 0 unspecified atom stereocenters. The van der Waals surface area contributed by atoms with Gasteiger partial charge in [0, 0.05) is 46.2 Å². The molecule has 0 atom stereocenters. The topological polar surface area (TPSA) is 47.9 Å². The highest BCUT2D eigenvalue weighted by Crippen LogP contribution is 2.37. The van der Waals surface area contributed by atoms with E-state index >= 15 is 0 Å². The maximum absolute atomic E-state index is 11.4. The predicted molar refractivity (Wildman–Crippen MR) is 86.4 cm³/mol. The van der Waals surface area contributed by atoms with Gasteiger partial charge in [-0.05, 0) is 25.2 Å². The maximum Gasteiger partial charge on any atom is 0.219 e. The van der Waals surface area contributed by atoms with E-state index in [0.717, 1.165) is 45.2 Å². The van der Waals surface area contributed by atoms with Crippen LogP contribution in [0.4, 0.5) is 0 Å². The number of amides is 1. The van der Waals surface area contributed by atoms with Crippen LogP contribution in [0.5, 0.6) is 0 Å². The standard InChI is InChI=1S/C16H30N4O/c1-4-17-15(18-13-16(3)7-5-6-8-16)20-11-9-19(10-12-20)14(2)21/h4-13H2,1-3H3,(H,17,18). The normalized spacial score (nSPS) is 22.5. The first kappa shape index (κ1) is 16.1. The number of hydrogen-bond donors (Lipinski definition) is 1. The number of carbonyl (C=O) groups excluding carboxylic acids is 1. The van der Waals surface area contributed by atoms with Gasteiger partial charge in [0.25, 0.3) is 0 Å². The van der Waals surface area contributed by atoms with Crippen molar-refractivity contribution in [2.24, 2.45) is 10.4 Å². The summed E-state index contributed by atoms with van der Waals surface area (Å²) in [6, 6.07) is 0. The summed E-state index contributed by atoms with van der Waals surface area (Å²) in [7, 11) is 0. The smallest absolute Gasteiger partial charge is 0.219 e. The zero-order valence-electron chi connectivity index (χ0n) is 13.8. The Kier molecular flexibility index (Phi) is 5.48. The second kappa shape index (κ2) is 7.14. The molecule has 120 valence electrons. The van der Waals surface area contributed by atoms with Gasteiger partial charge in [0.2, 0.25) is 5.91 Å². The third kappa shape index (κ3) is 4.35. The van der Waals surface area contributed by atoms with E-state index in [2.05, 4.69) is 24.1 Å². The first-order valence-corrected chi connectivity index (χ1v) is 8.33. The minimum atomic E-state index is 0.176. The van der Waals surface area contributed by atoms with Gasteiger partial charge in [-0.2, -0.15) is 0 Å². The zero-order valence-corrected chi connectivity index (χ0v) is 13.8. The van der Waals surface area contributed by atoms with Crippen LogP contribution >= 0.6 is 0 Å². The van der Waals surface area contributed by atoms with Crippen molar-refractivity contribution in [1.82, 2.24) is 15.1 Å². The Morgan fingerprint density at radius 3 is 2.24 bits per heavy atom. The van der Waals surface area contributed by atoms with Crippen molar-refractivity contribution in [2.45, 2.75) is 46.5 Å². The lowest BCUT2D eigenvalue weighted by atomic mass is 9.89. The molecule has 2 aliphatic rings. The fourth-order valence-electron chi connectivity index (χ4n) is 3.31. The molecule has 1 saturated carbocycles. The average Bonchev–Trinajstić information content (AvgIpc) is 2.91. The van der Waals surface area contributed by atoms with Crippen molar-refractivity contribution in [2.75, 3.05) is 39.3 Å². The van der Waals surface area contributed by atoms with Gasteiger partial charge in [-0.15, -0.1) is 0 Å². The molecule has 0 bridgehead atoms. The summed E-state index contributed by atoms with van der Waals surface area (Å²) in [6.45, 7) is 11.3. The Morgan fingerprint density at radius 1 is 1.14 bits per heavy atom. The molecule has 5 heteroatoms. The van der Waals surface area contributed by atoms with Gasteiger partial charge >= 0.3 is 0 Å². The fraction of sp³-hybridized carbons (Fsp3) is 0.875. The first-order chi connectivity index (χ1) is 10.0. The molecule has 1 aliphatic carbocycles. The lowest BCUT2D eigenvalue weighted by Gasteiger charge is -2.36. The van der Waals surface area contributed by atoms with Gasteiger partial charge in [0.05, 0.1) is 0 Å². The third-order valence-electron chi connectivity index (χ3n) is 4.78. The van der Waals surface area contributed by atoms with Gasteiger partial charge < -0.3 is 15.1 Å². The summed E-state index contributed by atoms with van der Waals surface area (Å²) in [4.78, 5) is 20.5. The quantitative estimate of drug-likeness (QED) is 0.636. The van der Waals surface area contributed by atoms with Gasteiger partial charge in [-0.1, -0.05) is 19.8 Å². The second-order valence-electron chi connectivity index (χ2n) is 6.68. The van der Waals surface area contributed by atoms with Gasteiger partial charge in [-0.25, -0.2) is 0 Å². The van der Waals surface area contributed by atoms with Crippen molar-refractivity contribution in [3.8, 4) is 0 Å².